The fourth-order valence-electron chi connectivity index (χ4n) is 3.56. The van der Waals surface area contributed by atoms with E-state index in [4.69, 9.17) is 9.84 Å². The van der Waals surface area contributed by atoms with Crippen LogP contribution in [0, 0.1) is 11.8 Å². The standard InChI is InChI=1S/C24H32O6/c1-2-24(29,17-30-18-10-6-5-7-11-18)15-14-20-19(21(25)16-22(20)26)12-8-3-4-9-13-23(27)28/h4-8,10-11,14-15,19-22,25-26,29H,2,9,12-13,16-17H2,1H3,(H,27,28)/t3?,19-,20-,21+,22-,24?/m1/s1. The van der Waals surface area contributed by atoms with Gasteiger partial charge in [0.25, 0.3) is 0 Å². The second kappa shape index (κ2) is 11.7. The Balaban J connectivity index is 1.99. The lowest BCUT2D eigenvalue weighted by Gasteiger charge is -2.25. The lowest BCUT2D eigenvalue weighted by atomic mass is 9.88. The Bertz CT molecular complexity index is 752. The lowest BCUT2D eigenvalue weighted by Crippen LogP contribution is -2.33. The molecule has 4 N–H and O–H groups in total. The molecule has 6 heteroatoms. The van der Waals surface area contributed by atoms with Crippen molar-refractivity contribution < 1.29 is 30.0 Å². The van der Waals surface area contributed by atoms with Gasteiger partial charge in [0.2, 0.25) is 0 Å². The van der Waals surface area contributed by atoms with Gasteiger partial charge in [-0.2, -0.15) is 0 Å². The number of aliphatic hydroxyl groups excluding tert-OH is 2. The second-order valence-electron chi connectivity index (χ2n) is 7.77. The first-order valence-electron chi connectivity index (χ1n) is 10.4. The van der Waals surface area contributed by atoms with Crippen LogP contribution in [0.1, 0.15) is 39.0 Å². The van der Waals surface area contributed by atoms with Crippen LogP contribution in [0.25, 0.3) is 0 Å². The summed E-state index contributed by atoms with van der Waals surface area (Å²) in [6.45, 7) is 1.95. The second-order valence-corrected chi connectivity index (χ2v) is 7.77. The van der Waals surface area contributed by atoms with Crippen LogP contribution < -0.4 is 4.74 Å². The molecule has 1 aromatic carbocycles. The van der Waals surface area contributed by atoms with E-state index in [0.717, 1.165) is 0 Å². The van der Waals surface area contributed by atoms with Crippen LogP contribution in [-0.4, -0.2) is 50.8 Å². The average molecular weight is 417 g/mol. The van der Waals surface area contributed by atoms with Gasteiger partial charge in [-0.3, -0.25) is 4.79 Å². The summed E-state index contributed by atoms with van der Waals surface area (Å²) >= 11 is 0. The van der Waals surface area contributed by atoms with E-state index in [0.29, 0.717) is 25.0 Å². The van der Waals surface area contributed by atoms with Gasteiger partial charge in [-0.05, 0) is 49.5 Å². The van der Waals surface area contributed by atoms with Gasteiger partial charge in [-0.1, -0.05) is 37.3 Å². The normalized spacial score (nSPS) is 25.5. The van der Waals surface area contributed by atoms with E-state index in [1.165, 1.54) is 0 Å². The molecule has 0 heterocycles. The summed E-state index contributed by atoms with van der Waals surface area (Å²) in [5, 5.41) is 40.2. The summed E-state index contributed by atoms with van der Waals surface area (Å²) in [6.07, 6.45) is 7.21. The average Bonchev–Trinajstić information content (AvgIpc) is 3.00. The van der Waals surface area contributed by atoms with Crippen LogP contribution in [0.15, 0.2) is 60.4 Å². The smallest absolute Gasteiger partial charge is 0.303 e. The van der Waals surface area contributed by atoms with Gasteiger partial charge in [0.1, 0.15) is 18.0 Å². The molecule has 0 bridgehead atoms. The fourth-order valence-corrected chi connectivity index (χ4v) is 3.56. The molecule has 5 atom stereocenters. The van der Waals surface area contributed by atoms with Gasteiger partial charge in [-0.15, -0.1) is 5.73 Å². The lowest BCUT2D eigenvalue weighted by molar-refractivity contribution is -0.136. The Morgan fingerprint density at radius 2 is 1.97 bits per heavy atom. The Morgan fingerprint density at radius 1 is 1.23 bits per heavy atom. The van der Waals surface area contributed by atoms with Crippen LogP contribution in [-0.2, 0) is 4.79 Å². The van der Waals surface area contributed by atoms with Gasteiger partial charge in [-0.25, -0.2) is 0 Å². The highest BCUT2D eigenvalue weighted by molar-refractivity contribution is 5.66. The van der Waals surface area contributed by atoms with Gasteiger partial charge in [0, 0.05) is 18.8 Å². The molecule has 0 aromatic heterocycles. The number of hydrogen-bond acceptors (Lipinski definition) is 5. The highest BCUT2D eigenvalue weighted by atomic mass is 16.5. The van der Waals surface area contributed by atoms with Crippen LogP contribution in [0.4, 0.5) is 0 Å². The molecule has 1 unspecified atom stereocenters. The number of carboxylic acid groups (broad SMARTS) is 1. The van der Waals surface area contributed by atoms with Crippen molar-refractivity contribution in [3.8, 4) is 5.75 Å². The molecule has 0 radical (unpaired) electrons. The van der Waals surface area contributed by atoms with Crippen LogP contribution >= 0.6 is 0 Å². The Labute approximate surface area is 177 Å². The van der Waals surface area contributed by atoms with Gasteiger partial charge >= 0.3 is 5.97 Å². The zero-order valence-corrected chi connectivity index (χ0v) is 17.4. The van der Waals surface area contributed by atoms with E-state index in [9.17, 15) is 20.1 Å². The van der Waals surface area contributed by atoms with Crippen molar-refractivity contribution in [2.24, 2.45) is 11.8 Å². The number of aliphatic carboxylic acids is 1. The molecular formula is C24H32O6. The number of allylic oxidation sites excluding steroid dienone is 1. The van der Waals surface area contributed by atoms with Crippen molar-refractivity contribution in [1.82, 2.24) is 0 Å². The van der Waals surface area contributed by atoms with Gasteiger partial charge in [0.05, 0.1) is 12.2 Å². The summed E-state index contributed by atoms with van der Waals surface area (Å²) < 4.78 is 5.70. The molecule has 0 aliphatic heterocycles. The van der Waals surface area contributed by atoms with Crippen molar-refractivity contribution in [3.63, 3.8) is 0 Å². The van der Waals surface area contributed by atoms with E-state index in [1.807, 2.05) is 37.3 Å². The zero-order valence-electron chi connectivity index (χ0n) is 17.4. The minimum Gasteiger partial charge on any atom is -0.490 e. The monoisotopic (exact) mass is 416 g/mol. The quantitative estimate of drug-likeness (QED) is 0.326. The molecule has 0 saturated heterocycles. The summed E-state index contributed by atoms with van der Waals surface area (Å²) in [6, 6.07) is 9.26. The van der Waals surface area contributed by atoms with Crippen molar-refractivity contribution >= 4 is 5.97 Å². The summed E-state index contributed by atoms with van der Waals surface area (Å²) in [7, 11) is 0. The molecular weight excluding hydrogens is 384 g/mol. The van der Waals surface area contributed by atoms with Crippen LogP contribution in [0.3, 0.4) is 0 Å². The van der Waals surface area contributed by atoms with E-state index in [2.05, 4.69) is 5.73 Å². The molecule has 0 spiro atoms. The van der Waals surface area contributed by atoms with E-state index < -0.39 is 23.8 Å². The van der Waals surface area contributed by atoms with E-state index >= 15 is 0 Å². The maximum atomic E-state index is 10.9. The predicted molar refractivity (Wildman–Crippen MR) is 114 cm³/mol. The predicted octanol–water partition coefficient (Wildman–Crippen LogP) is 3.09. The first-order valence-corrected chi connectivity index (χ1v) is 10.4. The molecule has 1 aliphatic carbocycles. The molecule has 1 fully saturated rings. The summed E-state index contributed by atoms with van der Waals surface area (Å²) in [5.74, 6) is -0.682. The molecule has 1 saturated carbocycles. The van der Waals surface area contributed by atoms with Gasteiger partial charge in [0.15, 0.2) is 0 Å². The maximum Gasteiger partial charge on any atom is 0.303 e. The van der Waals surface area contributed by atoms with E-state index in [-0.39, 0.29) is 31.3 Å². The van der Waals surface area contributed by atoms with Gasteiger partial charge < -0.3 is 25.2 Å². The zero-order chi connectivity index (χ0) is 22.0. The first-order chi connectivity index (χ1) is 14.3. The summed E-state index contributed by atoms with van der Waals surface area (Å²) in [4.78, 5) is 10.5. The van der Waals surface area contributed by atoms with Crippen molar-refractivity contribution in [3.05, 3.63) is 60.4 Å². The first kappa shape index (κ1) is 23.9. The van der Waals surface area contributed by atoms with Crippen molar-refractivity contribution in [2.75, 3.05) is 6.61 Å². The van der Waals surface area contributed by atoms with E-state index in [1.54, 1.807) is 24.3 Å². The number of carboxylic acids is 1. The molecule has 0 amide bonds. The number of para-hydroxylation sites is 1. The van der Waals surface area contributed by atoms with Crippen LogP contribution in [0.5, 0.6) is 5.75 Å². The molecule has 30 heavy (non-hydrogen) atoms. The highest BCUT2D eigenvalue weighted by Gasteiger charge is 2.40. The Hall–Kier alpha value is -2.37. The van der Waals surface area contributed by atoms with Crippen molar-refractivity contribution in [2.45, 2.75) is 56.8 Å². The minimum atomic E-state index is -1.18. The SMILES string of the molecule is CCC(O)(C=C[C@@H]1[C@@H](CC=C=CCCC(=O)O)[C@@H](O)C[C@H]1O)COc1ccccc1. The number of ether oxygens (including phenoxy) is 1. The third kappa shape index (κ3) is 7.47. The van der Waals surface area contributed by atoms with Crippen molar-refractivity contribution in [1.29, 1.82) is 0 Å². The number of hydrogen-bond donors (Lipinski definition) is 4. The number of benzene rings is 1. The molecule has 1 aromatic rings. The molecule has 2 rings (SSSR count). The molecule has 1 aliphatic rings. The number of aliphatic hydroxyl groups is 3. The van der Waals surface area contributed by atoms with Crippen LogP contribution in [0.2, 0.25) is 0 Å². The largest absolute Gasteiger partial charge is 0.490 e. The topological polar surface area (TPSA) is 107 Å². The number of rotatable bonds is 11. The Morgan fingerprint density at radius 3 is 2.63 bits per heavy atom. The third-order valence-electron chi connectivity index (χ3n) is 5.52. The Kier molecular flexibility index (Phi) is 9.34. The third-order valence-corrected chi connectivity index (χ3v) is 5.52. The number of carbonyl (C=O) groups is 1. The summed E-state index contributed by atoms with van der Waals surface area (Å²) in [5.41, 5.74) is 1.77. The molecule has 6 nitrogen and oxygen atoms in total. The minimum absolute atomic E-state index is 0.0532. The fraction of sp³-hybridized carbons (Fsp3) is 0.500. The molecule has 164 valence electrons. The maximum absolute atomic E-state index is 10.9. The highest BCUT2D eigenvalue weighted by Crippen LogP contribution is 2.36.